The summed E-state index contributed by atoms with van der Waals surface area (Å²) in [5.41, 5.74) is 5.19. The first-order valence-corrected chi connectivity index (χ1v) is 11.3. The van der Waals surface area contributed by atoms with Crippen LogP contribution in [-0.2, 0) is 25.5 Å². The number of halogens is 1. The molecule has 7 heteroatoms. The Labute approximate surface area is 192 Å². The van der Waals surface area contributed by atoms with Crippen LogP contribution in [0.1, 0.15) is 37.4 Å². The molecular weight excluding hydrogens is 423 g/mol. The molecule has 4 atom stereocenters. The van der Waals surface area contributed by atoms with Gasteiger partial charge in [-0.1, -0.05) is 24.1 Å². The van der Waals surface area contributed by atoms with Crippen LogP contribution in [-0.4, -0.2) is 35.9 Å². The van der Waals surface area contributed by atoms with Crippen LogP contribution < -0.4 is 0 Å². The first-order valence-electron chi connectivity index (χ1n) is 11.3. The highest BCUT2D eigenvalue weighted by atomic mass is 19.1. The standard InChI is InChI=1S/C26H27FN2O4/c1-26-13-15-14-28-29(18-7-5-17(27)6-8-18)22(15)12-16(26)4-9-19-21(26)11-10-20(24(30)32-2)23(19)25(31)33-3/h5-8,11-12,14,19-20,23H,4,9-10,13H2,1-3H3/t19-,20+,23-,26+/m1/s1. The first-order chi connectivity index (χ1) is 15.9. The molecule has 3 aliphatic rings. The normalized spacial score (nSPS) is 27.9. The lowest BCUT2D eigenvalue weighted by Gasteiger charge is -2.49. The van der Waals surface area contributed by atoms with E-state index in [9.17, 15) is 14.0 Å². The zero-order chi connectivity index (χ0) is 23.3. The third kappa shape index (κ3) is 3.33. The van der Waals surface area contributed by atoms with Gasteiger partial charge in [-0.15, -0.1) is 0 Å². The highest BCUT2D eigenvalue weighted by molar-refractivity contribution is 5.83. The molecule has 0 amide bonds. The molecule has 33 heavy (non-hydrogen) atoms. The SMILES string of the molecule is COC(=O)[C@H]1[C@@H](C(=O)OC)CC=C2[C@H]1CCC1=Cc3c(cnn3-c3ccc(F)cc3)C[C@@]12C. The summed E-state index contributed by atoms with van der Waals surface area (Å²) >= 11 is 0. The Morgan fingerprint density at radius 3 is 2.58 bits per heavy atom. The van der Waals surface area contributed by atoms with Gasteiger partial charge in [-0.05, 0) is 67.5 Å². The van der Waals surface area contributed by atoms with E-state index in [0.29, 0.717) is 6.42 Å². The summed E-state index contributed by atoms with van der Waals surface area (Å²) < 4.78 is 25.4. The lowest BCUT2D eigenvalue weighted by atomic mass is 9.54. The van der Waals surface area contributed by atoms with Gasteiger partial charge >= 0.3 is 11.9 Å². The molecule has 1 aromatic carbocycles. The number of nitrogens with zero attached hydrogens (tertiary/aromatic N) is 2. The number of rotatable bonds is 3. The topological polar surface area (TPSA) is 70.4 Å². The van der Waals surface area contributed by atoms with Crippen LogP contribution in [0, 0.1) is 29.0 Å². The molecule has 172 valence electrons. The van der Waals surface area contributed by atoms with Crippen molar-refractivity contribution in [2.75, 3.05) is 14.2 Å². The Morgan fingerprint density at radius 2 is 1.88 bits per heavy atom. The maximum atomic E-state index is 13.4. The fourth-order valence-electron chi connectivity index (χ4n) is 6.09. The summed E-state index contributed by atoms with van der Waals surface area (Å²) in [5.74, 6) is -2.11. The minimum atomic E-state index is -0.538. The monoisotopic (exact) mass is 450 g/mol. The zero-order valence-corrected chi connectivity index (χ0v) is 19.0. The number of allylic oxidation sites excluding steroid dienone is 3. The van der Waals surface area contributed by atoms with Crippen molar-refractivity contribution < 1.29 is 23.5 Å². The van der Waals surface area contributed by atoms with Gasteiger partial charge < -0.3 is 9.47 Å². The average molecular weight is 451 g/mol. The van der Waals surface area contributed by atoms with Crippen molar-refractivity contribution in [2.24, 2.45) is 23.2 Å². The molecule has 6 nitrogen and oxygen atoms in total. The largest absolute Gasteiger partial charge is 0.469 e. The molecule has 1 heterocycles. The van der Waals surface area contributed by atoms with E-state index >= 15 is 0 Å². The van der Waals surface area contributed by atoms with Crippen molar-refractivity contribution in [2.45, 2.75) is 32.6 Å². The van der Waals surface area contributed by atoms with Gasteiger partial charge in [0.2, 0.25) is 0 Å². The third-order valence-electron chi connectivity index (χ3n) is 7.72. The van der Waals surface area contributed by atoms with Gasteiger partial charge in [0.15, 0.2) is 0 Å². The van der Waals surface area contributed by atoms with Crippen molar-refractivity contribution in [1.29, 1.82) is 0 Å². The lowest BCUT2D eigenvalue weighted by Crippen LogP contribution is -2.46. The van der Waals surface area contributed by atoms with E-state index in [1.165, 1.54) is 37.5 Å². The predicted octanol–water partition coefficient (Wildman–Crippen LogP) is 4.28. The molecular formula is C26H27FN2O4. The molecule has 0 saturated heterocycles. The minimum Gasteiger partial charge on any atom is -0.469 e. The second-order valence-electron chi connectivity index (χ2n) is 9.34. The van der Waals surface area contributed by atoms with Gasteiger partial charge in [-0.2, -0.15) is 5.10 Å². The maximum absolute atomic E-state index is 13.4. The van der Waals surface area contributed by atoms with Gasteiger partial charge in [-0.3, -0.25) is 9.59 Å². The van der Waals surface area contributed by atoms with Gasteiger partial charge in [0.1, 0.15) is 5.82 Å². The summed E-state index contributed by atoms with van der Waals surface area (Å²) in [6.45, 7) is 2.22. The molecule has 0 aliphatic heterocycles. The van der Waals surface area contributed by atoms with E-state index < -0.39 is 11.8 Å². The average Bonchev–Trinajstić information content (AvgIpc) is 3.23. The van der Waals surface area contributed by atoms with Crippen molar-refractivity contribution in [3.8, 4) is 5.69 Å². The number of carbonyl (C=O) groups is 2. The number of hydrogen-bond acceptors (Lipinski definition) is 5. The Morgan fingerprint density at radius 1 is 1.15 bits per heavy atom. The molecule has 0 bridgehead atoms. The molecule has 1 fully saturated rings. The predicted molar refractivity (Wildman–Crippen MR) is 120 cm³/mol. The number of ether oxygens (including phenoxy) is 2. The summed E-state index contributed by atoms with van der Waals surface area (Å²) in [7, 11) is 2.74. The summed E-state index contributed by atoms with van der Waals surface area (Å²) in [6.07, 6.45) is 9.02. The molecule has 0 unspecified atom stereocenters. The van der Waals surface area contributed by atoms with Crippen LogP contribution in [0.5, 0.6) is 0 Å². The molecule has 1 aromatic heterocycles. The third-order valence-corrected chi connectivity index (χ3v) is 7.72. The van der Waals surface area contributed by atoms with E-state index in [1.807, 2.05) is 10.9 Å². The number of esters is 2. The molecule has 5 rings (SSSR count). The molecule has 0 radical (unpaired) electrons. The number of benzene rings is 1. The van der Waals surface area contributed by atoms with Gasteiger partial charge in [0, 0.05) is 5.41 Å². The highest BCUT2D eigenvalue weighted by Gasteiger charge is 2.52. The quantitative estimate of drug-likeness (QED) is 0.516. The van der Waals surface area contributed by atoms with E-state index in [0.717, 1.165) is 36.2 Å². The second-order valence-corrected chi connectivity index (χ2v) is 9.34. The maximum Gasteiger partial charge on any atom is 0.310 e. The Kier molecular flexibility index (Phi) is 5.22. The molecule has 2 aromatic rings. The van der Waals surface area contributed by atoms with Crippen LogP contribution in [0.4, 0.5) is 4.39 Å². The Balaban J connectivity index is 1.54. The van der Waals surface area contributed by atoms with Gasteiger partial charge in [0.05, 0.1) is 43.6 Å². The number of hydrogen-bond donors (Lipinski definition) is 0. The lowest BCUT2D eigenvalue weighted by molar-refractivity contribution is -0.160. The number of carbonyl (C=O) groups excluding carboxylic acids is 2. The Hall–Kier alpha value is -3.22. The van der Waals surface area contributed by atoms with Crippen molar-refractivity contribution >= 4 is 18.0 Å². The van der Waals surface area contributed by atoms with Gasteiger partial charge in [0.25, 0.3) is 0 Å². The van der Waals surface area contributed by atoms with Crippen LogP contribution in [0.15, 0.2) is 47.7 Å². The minimum absolute atomic E-state index is 0.0638. The fourth-order valence-corrected chi connectivity index (χ4v) is 6.09. The first kappa shape index (κ1) is 21.6. The second kappa shape index (κ2) is 7.97. The summed E-state index contributed by atoms with van der Waals surface area (Å²) in [5, 5.41) is 4.59. The van der Waals surface area contributed by atoms with Crippen LogP contribution in [0.2, 0.25) is 0 Å². The van der Waals surface area contributed by atoms with Crippen molar-refractivity contribution in [1.82, 2.24) is 9.78 Å². The molecule has 3 aliphatic carbocycles. The highest BCUT2D eigenvalue weighted by Crippen LogP contribution is 2.57. The fraction of sp³-hybridized carbons (Fsp3) is 0.423. The summed E-state index contributed by atoms with van der Waals surface area (Å²) in [6, 6.07) is 6.32. The molecule has 0 spiro atoms. The van der Waals surface area contributed by atoms with Crippen molar-refractivity contribution in [3.63, 3.8) is 0 Å². The summed E-state index contributed by atoms with van der Waals surface area (Å²) in [4.78, 5) is 25.2. The van der Waals surface area contributed by atoms with E-state index in [-0.39, 0.29) is 29.1 Å². The van der Waals surface area contributed by atoms with E-state index in [1.54, 1.807) is 12.1 Å². The number of methoxy groups -OCH3 is 2. The smallest absolute Gasteiger partial charge is 0.310 e. The molecule has 1 saturated carbocycles. The van der Waals surface area contributed by atoms with Crippen molar-refractivity contribution in [3.05, 3.63) is 64.8 Å². The van der Waals surface area contributed by atoms with E-state index in [2.05, 4.69) is 24.2 Å². The van der Waals surface area contributed by atoms with Gasteiger partial charge in [-0.25, -0.2) is 9.07 Å². The Bertz CT molecular complexity index is 1180. The van der Waals surface area contributed by atoms with Crippen LogP contribution >= 0.6 is 0 Å². The molecule has 0 N–H and O–H groups in total. The van der Waals surface area contributed by atoms with Crippen LogP contribution in [0.3, 0.4) is 0 Å². The van der Waals surface area contributed by atoms with E-state index in [4.69, 9.17) is 9.47 Å². The van der Waals surface area contributed by atoms with Crippen LogP contribution in [0.25, 0.3) is 11.8 Å². The number of fused-ring (bicyclic) bond motifs is 4. The number of aromatic nitrogens is 2. The zero-order valence-electron chi connectivity index (χ0n) is 19.0.